The molecule has 7 heteroatoms. The second kappa shape index (κ2) is 8.50. The van der Waals surface area contributed by atoms with Crippen molar-refractivity contribution in [3.63, 3.8) is 0 Å². The third kappa shape index (κ3) is 4.06. The summed E-state index contributed by atoms with van der Waals surface area (Å²) in [6.45, 7) is 6.44. The monoisotopic (exact) mass is 427 g/mol. The molecule has 1 N–H and O–H groups in total. The van der Waals surface area contributed by atoms with E-state index >= 15 is 0 Å². The van der Waals surface area contributed by atoms with Crippen LogP contribution in [0.2, 0.25) is 5.02 Å². The summed E-state index contributed by atoms with van der Waals surface area (Å²) in [5, 5.41) is 3.09. The number of carbonyl (C=O) groups is 1. The maximum atomic E-state index is 14.6. The molecule has 1 aliphatic rings. The predicted octanol–water partition coefficient (Wildman–Crippen LogP) is 4.98. The highest BCUT2D eigenvalue weighted by atomic mass is 35.5. The molecule has 2 heterocycles. The number of aromatic nitrogens is 1. The quantitative estimate of drug-likeness (QED) is 0.639. The number of anilines is 2. The minimum Gasteiger partial charge on any atom is -0.378 e. The van der Waals surface area contributed by atoms with Crippen molar-refractivity contribution in [3.8, 4) is 5.69 Å². The first-order valence-corrected chi connectivity index (χ1v) is 10.2. The normalized spacial score (nSPS) is 14.1. The largest absolute Gasteiger partial charge is 0.378 e. The van der Waals surface area contributed by atoms with E-state index < -0.39 is 0 Å². The van der Waals surface area contributed by atoms with Crippen LogP contribution in [0.3, 0.4) is 0 Å². The lowest BCUT2D eigenvalue weighted by molar-refractivity contribution is 0.102. The Kier molecular flexibility index (Phi) is 5.79. The van der Waals surface area contributed by atoms with E-state index in [9.17, 15) is 9.18 Å². The van der Waals surface area contributed by atoms with Gasteiger partial charge in [-0.2, -0.15) is 0 Å². The van der Waals surface area contributed by atoms with Crippen molar-refractivity contribution in [1.29, 1.82) is 0 Å². The number of carbonyl (C=O) groups excluding carboxylic acids is 1. The smallest absolute Gasteiger partial charge is 0.257 e. The number of rotatable bonds is 4. The summed E-state index contributed by atoms with van der Waals surface area (Å²) >= 11 is 6.29. The minimum atomic E-state index is -0.386. The Labute approximate surface area is 180 Å². The number of amides is 1. The zero-order chi connectivity index (χ0) is 21.3. The molecule has 30 heavy (non-hydrogen) atoms. The molecule has 0 bridgehead atoms. The molecule has 1 aromatic heterocycles. The molecular weight excluding hydrogens is 405 g/mol. The van der Waals surface area contributed by atoms with Gasteiger partial charge in [-0.25, -0.2) is 4.39 Å². The van der Waals surface area contributed by atoms with E-state index in [1.165, 1.54) is 6.07 Å². The zero-order valence-corrected chi connectivity index (χ0v) is 17.7. The van der Waals surface area contributed by atoms with E-state index in [2.05, 4.69) is 5.32 Å². The Morgan fingerprint density at radius 3 is 2.40 bits per heavy atom. The third-order valence-corrected chi connectivity index (χ3v) is 5.61. The molecule has 0 radical (unpaired) electrons. The van der Waals surface area contributed by atoms with Crippen molar-refractivity contribution in [2.24, 2.45) is 0 Å². The van der Waals surface area contributed by atoms with Crippen LogP contribution < -0.4 is 10.2 Å². The summed E-state index contributed by atoms with van der Waals surface area (Å²) in [6.07, 6.45) is 0. The molecule has 0 unspecified atom stereocenters. The van der Waals surface area contributed by atoms with Crippen LogP contribution in [0.4, 0.5) is 15.8 Å². The van der Waals surface area contributed by atoms with Crippen molar-refractivity contribution in [3.05, 3.63) is 76.3 Å². The van der Waals surface area contributed by atoms with Crippen LogP contribution in [0.15, 0.2) is 48.5 Å². The summed E-state index contributed by atoms with van der Waals surface area (Å²) < 4.78 is 22.0. The van der Waals surface area contributed by atoms with Gasteiger partial charge in [0.1, 0.15) is 5.82 Å². The Morgan fingerprint density at radius 1 is 1.03 bits per heavy atom. The number of hydrogen-bond donors (Lipinski definition) is 1. The van der Waals surface area contributed by atoms with E-state index in [0.29, 0.717) is 48.3 Å². The second-order valence-electron chi connectivity index (χ2n) is 7.34. The average molecular weight is 428 g/mol. The van der Waals surface area contributed by atoms with Crippen LogP contribution in [0, 0.1) is 19.7 Å². The summed E-state index contributed by atoms with van der Waals surface area (Å²) in [6, 6.07) is 14.1. The lowest BCUT2D eigenvalue weighted by Gasteiger charge is -2.29. The summed E-state index contributed by atoms with van der Waals surface area (Å²) in [5.41, 5.74) is 4.18. The van der Waals surface area contributed by atoms with Crippen molar-refractivity contribution >= 4 is 28.9 Å². The van der Waals surface area contributed by atoms with Crippen molar-refractivity contribution in [2.75, 3.05) is 36.5 Å². The molecule has 1 fully saturated rings. The summed E-state index contributed by atoms with van der Waals surface area (Å²) in [7, 11) is 0. The molecule has 0 saturated carbocycles. The topological polar surface area (TPSA) is 46.5 Å². The van der Waals surface area contributed by atoms with Crippen molar-refractivity contribution < 1.29 is 13.9 Å². The van der Waals surface area contributed by atoms with Gasteiger partial charge in [-0.1, -0.05) is 11.6 Å². The fourth-order valence-electron chi connectivity index (χ4n) is 3.75. The number of aryl methyl sites for hydroxylation is 2. The first-order valence-electron chi connectivity index (χ1n) is 9.82. The molecule has 4 rings (SSSR count). The van der Waals surface area contributed by atoms with Gasteiger partial charge < -0.3 is 19.5 Å². The van der Waals surface area contributed by atoms with Gasteiger partial charge in [0, 0.05) is 35.9 Å². The SMILES string of the molecule is Cc1ccc(C)n1-c1ccc(Cl)c(C(=O)Nc2ccc(N3CCOCC3)c(F)c2)c1. The van der Waals surface area contributed by atoms with Crippen molar-refractivity contribution in [2.45, 2.75) is 13.8 Å². The Hall–Kier alpha value is -2.83. The fourth-order valence-corrected chi connectivity index (χ4v) is 3.95. The number of halogens is 2. The minimum absolute atomic E-state index is 0.333. The van der Waals surface area contributed by atoms with Gasteiger partial charge in [0.05, 0.1) is 29.5 Å². The van der Waals surface area contributed by atoms with E-state index in [-0.39, 0.29) is 11.7 Å². The van der Waals surface area contributed by atoms with Gasteiger partial charge in [-0.3, -0.25) is 4.79 Å². The van der Waals surface area contributed by atoms with Crippen molar-refractivity contribution in [1.82, 2.24) is 4.57 Å². The van der Waals surface area contributed by atoms with Crippen LogP contribution in [-0.4, -0.2) is 36.8 Å². The van der Waals surface area contributed by atoms with Gasteiger partial charge in [-0.05, 0) is 62.4 Å². The zero-order valence-electron chi connectivity index (χ0n) is 16.9. The lowest BCUT2D eigenvalue weighted by atomic mass is 10.1. The molecule has 0 spiro atoms. The first kappa shape index (κ1) is 20.4. The predicted molar refractivity (Wildman–Crippen MR) is 118 cm³/mol. The number of hydrogen-bond acceptors (Lipinski definition) is 3. The Balaban J connectivity index is 1.57. The van der Waals surface area contributed by atoms with E-state index in [0.717, 1.165) is 17.1 Å². The molecule has 5 nitrogen and oxygen atoms in total. The van der Waals surface area contributed by atoms with Gasteiger partial charge in [0.15, 0.2) is 0 Å². The highest BCUT2D eigenvalue weighted by Crippen LogP contribution is 2.26. The number of nitrogens with one attached hydrogen (secondary N) is 1. The average Bonchev–Trinajstić information content (AvgIpc) is 3.07. The lowest BCUT2D eigenvalue weighted by Crippen LogP contribution is -2.36. The summed E-state index contributed by atoms with van der Waals surface area (Å²) in [5.74, 6) is -0.768. The molecule has 3 aromatic rings. The van der Waals surface area contributed by atoms with E-state index in [1.54, 1.807) is 24.3 Å². The van der Waals surface area contributed by atoms with Crippen LogP contribution in [-0.2, 0) is 4.74 Å². The number of ether oxygens (including phenoxy) is 1. The molecule has 2 aromatic carbocycles. The summed E-state index contributed by atoms with van der Waals surface area (Å²) in [4.78, 5) is 14.8. The van der Waals surface area contributed by atoms with E-state index in [1.807, 2.05) is 41.5 Å². The second-order valence-corrected chi connectivity index (χ2v) is 7.74. The molecule has 0 aliphatic carbocycles. The van der Waals surface area contributed by atoms with Gasteiger partial charge in [0.25, 0.3) is 5.91 Å². The van der Waals surface area contributed by atoms with Crippen LogP contribution >= 0.6 is 11.6 Å². The maximum absolute atomic E-state index is 14.6. The Morgan fingerprint density at radius 2 is 1.73 bits per heavy atom. The molecule has 0 atom stereocenters. The molecular formula is C23H23ClFN3O2. The molecule has 1 aliphatic heterocycles. The Bertz CT molecular complexity index is 1070. The number of nitrogens with zero attached hydrogens (tertiary/aromatic N) is 2. The number of morpholine rings is 1. The number of benzene rings is 2. The third-order valence-electron chi connectivity index (χ3n) is 5.28. The van der Waals surface area contributed by atoms with Gasteiger partial charge in [-0.15, -0.1) is 0 Å². The first-order chi connectivity index (χ1) is 14.4. The van der Waals surface area contributed by atoms with Gasteiger partial charge >= 0.3 is 0 Å². The van der Waals surface area contributed by atoms with Crippen LogP contribution in [0.5, 0.6) is 0 Å². The molecule has 156 valence electrons. The fraction of sp³-hybridized carbons (Fsp3) is 0.261. The highest BCUT2D eigenvalue weighted by molar-refractivity contribution is 6.34. The molecule has 1 saturated heterocycles. The maximum Gasteiger partial charge on any atom is 0.257 e. The van der Waals surface area contributed by atoms with Crippen LogP contribution in [0.1, 0.15) is 21.7 Å². The van der Waals surface area contributed by atoms with E-state index in [4.69, 9.17) is 16.3 Å². The molecule has 1 amide bonds. The highest BCUT2D eigenvalue weighted by Gasteiger charge is 2.17. The van der Waals surface area contributed by atoms with Crippen LogP contribution in [0.25, 0.3) is 5.69 Å². The standard InChI is InChI=1S/C23H23ClFN3O2/c1-15-3-4-16(2)28(15)18-6-7-20(24)19(14-18)23(29)26-17-5-8-22(21(25)13-17)27-9-11-30-12-10-27/h3-8,13-14H,9-12H2,1-2H3,(H,26,29). The van der Waals surface area contributed by atoms with Gasteiger partial charge in [0.2, 0.25) is 0 Å².